The maximum absolute atomic E-state index is 10.9. The van der Waals surface area contributed by atoms with Crippen molar-refractivity contribution in [1.29, 1.82) is 0 Å². The Labute approximate surface area is 193 Å². The van der Waals surface area contributed by atoms with Crippen LogP contribution in [0.25, 0.3) is 5.57 Å². The minimum Gasteiger partial charge on any atom is -0.409 e. The van der Waals surface area contributed by atoms with Crippen molar-refractivity contribution in [3.63, 3.8) is 0 Å². The molecule has 1 aromatic carbocycles. The number of oxime groups is 1. The van der Waals surface area contributed by atoms with E-state index in [1.165, 1.54) is 17.0 Å². The molecule has 0 bridgehead atoms. The average Bonchev–Trinajstić information content (AvgIpc) is 2.81. The lowest BCUT2D eigenvalue weighted by Gasteiger charge is -2.11. The molecule has 5 heteroatoms. The fourth-order valence-electron chi connectivity index (χ4n) is 3.27. The zero-order valence-corrected chi connectivity index (χ0v) is 19.9. The molecule has 0 aliphatic heterocycles. The maximum atomic E-state index is 10.9. The molecule has 0 fully saturated rings. The summed E-state index contributed by atoms with van der Waals surface area (Å²) in [5.41, 5.74) is 6.18. The normalized spacial score (nSPS) is 13.8. The van der Waals surface area contributed by atoms with Crippen LogP contribution in [-0.2, 0) is 4.79 Å². The molecule has 0 atom stereocenters. The topological polar surface area (TPSA) is 74.1 Å². The zero-order valence-electron chi connectivity index (χ0n) is 19.9. The molecule has 0 spiro atoms. The quantitative estimate of drug-likeness (QED) is 0.0679. The number of nitrogens with zero attached hydrogens (tertiary/aromatic N) is 2. The minimum absolute atomic E-state index is 0.103. The molecule has 1 amide bonds. The van der Waals surface area contributed by atoms with Gasteiger partial charge in [-0.2, -0.15) is 0 Å². The first-order valence-corrected chi connectivity index (χ1v) is 11.3. The fourth-order valence-corrected chi connectivity index (χ4v) is 3.27. The second-order valence-corrected chi connectivity index (χ2v) is 7.59. The molecule has 0 unspecified atom stereocenters. The van der Waals surface area contributed by atoms with Crippen LogP contribution in [0.1, 0.15) is 77.3 Å². The van der Waals surface area contributed by atoms with Crippen LogP contribution in [0.4, 0.5) is 0 Å². The van der Waals surface area contributed by atoms with Gasteiger partial charge in [-0.25, -0.2) is 0 Å². The molecule has 0 aliphatic carbocycles. The van der Waals surface area contributed by atoms with Crippen LogP contribution >= 0.6 is 0 Å². The van der Waals surface area contributed by atoms with Crippen molar-refractivity contribution in [2.45, 2.75) is 66.2 Å². The molecule has 0 aromatic heterocycles. The number of hydrogen-bond donors (Lipinski definition) is 2. The Bertz CT molecular complexity index is 905. The van der Waals surface area contributed by atoms with Gasteiger partial charge >= 0.3 is 0 Å². The van der Waals surface area contributed by atoms with Crippen molar-refractivity contribution in [1.82, 2.24) is 5.32 Å². The van der Waals surface area contributed by atoms with Crippen molar-refractivity contribution in [3.8, 4) is 0 Å². The third-order valence-corrected chi connectivity index (χ3v) is 5.12. The lowest BCUT2D eigenvalue weighted by Crippen LogP contribution is -2.23. The summed E-state index contributed by atoms with van der Waals surface area (Å²) in [4.78, 5) is 15.7. The van der Waals surface area contributed by atoms with Gasteiger partial charge in [-0.3, -0.25) is 9.79 Å². The Morgan fingerprint density at radius 3 is 2.47 bits per heavy atom. The van der Waals surface area contributed by atoms with Gasteiger partial charge in [0.1, 0.15) is 0 Å². The van der Waals surface area contributed by atoms with Gasteiger partial charge in [-0.1, -0.05) is 86.1 Å². The Morgan fingerprint density at radius 2 is 1.88 bits per heavy atom. The number of unbranched alkanes of at least 4 members (excludes halogenated alkanes) is 1. The van der Waals surface area contributed by atoms with Crippen molar-refractivity contribution in [2.75, 3.05) is 0 Å². The van der Waals surface area contributed by atoms with Gasteiger partial charge in [0, 0.05) is 17.0 Å². The number of rotatable bonds is 13. The van der Waals surface area contributed by atoms with Crippen LogP contribution in [0, 0.1) is 0 Å². The van der Waals surface area contributed by atoms with Gasteiger partial charge in [0.2, 0.25) is 6.41 Å². The summed E-state index contributed by atoms with van der Waals surface area (Å²) in [6, 6.07) is 7.46. The van der Waals surface area contributed by atoms with E-state index in [2.05, 4.69) is 50.8 Å². The molecular weight excluding hydrogens is 398 g/mol. The molecule has 0 saturated carbocycles. The zero-order chi connectivity index (χ0) is 23.8. The third kappa shape index (κ3) is 8.88. The van der Waals surface area contributed by atoms with Crippen LogP contribution in [-0.4, -0.2) is 23.2 Å². The summed E-state index contributed by atoms with van der Waals surface area (Å²) in [7, 11) is 0. The molecule has 0 heterocycles. The Hall–Kier alpha value is -3.21. The van der Waals surface area contributed by atoms with E-state index in [0.717, 1.165) is 49.7 Å². The minimum atomic E-state index is 0.103. The second kappa shape index (κ2) is 15.6. The van der Waals surface area contributed by atoms with Gasteiger partial charge in [0.05, 0.1) is 0 Å². The highest BCUT2D eigenvalue weighted by Gasteiger charge is 2.11. The number of hydrogen-bond acceptors (Lipinski definition) is 4. The van der Waals surface area contributed by atoms with E-state index in [1.54, 1.807) is 12.1 Å². The number of amides is 1. The Balaban J connectivity index is 2.96. The molecule has 2 N–H and O–H groups in total. The first-order chi connectivity index (χ1) is 15.5. The van der Waals surface area contributed by atoms with Gasteiger partial charge in [-0.05, 0) is 57.1 Å². The van der Waals surface area contributed by atoms with Gasteiger partial charge in [0.15, 0.2) is 5.84 Å². The van der Waals surface area contributed by atoms with Crippen LogP contribution < -0.4 is 5.32 Å². The van der Waals surface area contributed by atoms with Crippen molar-refractivity contribution < 1.29 is 10.0 Å². The number of aliphatic imine (C=N–C) groups is 1. The maximum Gasteiger partial charge on any atom is 0.212 e. The fraction of sp³-hybridized carbons (Fsp3) is 0.370. The number of nitrogens with one attached hydrogen (secondary N) is 1. The van der Waals surface area contributed by atoms with Crippen LogP contribution in [0.5, 0.6) is 0 Å². The van der Waals surface area contributed by atoms with E-state index in [0.29, 0.717) is 12.0 Å². The molecule has 1 aromatic rings. The molecule has 32 heavy (non-hydrogen) atoms. The Morgan fingerprint density at radius 1 is 1.16 bits per heavy atom. The molecule has 0 radical (unpaired) electrons. The summed E-state index contributed by atoms with van der Waals surface area (Å²) in [5, 5.41) is 15.0. The van der Waals surface area contributed by atoms with Crippen molar-refractivity contribution in [2.24, 2.45) is 10.1 Å². The van der Waals surface area contributed by atoms with Crippen molar-refractivity contribution >= 4 is 23.5 Å². The second-order valence-electron chi connectivity index (χ2n) is 7.59. The van der Waals surface area contributed by atoms with E-state index < -0.39 is 0 Å². The van der Waals surface area contributed by atoms with Gasteiger partial charge in [-0.15, -0.1) is 0 Å². The van der Waals surface area contributed by atoms with E-state index in [-0.39, 0.29) is 5.84 Å². The predicted octanol–water partition coefficient (Wildman–Crippen LogP) is 6.81. The largest absolute Gasteiger partial charge is 0.409 e. The van der Waals surface area contributed by atoms with E-state index >= 15 is 0 Å². The summed E-state index contributed by atoms with van der Waals surface area (Å²) in [6.07, 6.45) is 14.4. The SMILES string of the molecule is C=C/C=C(\C=C/CCC/C(C)=C(\CCC)N=C(C)CC)c1ccccc1/C(=N/O)NC=O. The van der Waals surface area contributed by atoms with Crippen LogP contribution in [0.2, 0.25) is 0 Å². The summed E-state index contributed by atoms with van der Waals surface area (Å²) in [5.74, 6) is 0.103. The molecular formula is C27H37N3O2. The third-order valence-electron chi connectivity index (χ3n) is 5.12. The van der Waals surface area contributed by atoms with Gasteiger partial charge in [0.25, 0.3) is 0 Å². The highest BCUT2D eigenvalue weighted by Crippen LogP contribution is 2.23. The molecule has 5 nitrogen and oxygen atoms in total. The average molecular weight is 436 g/mol. The van der Waals surface area contributed by atoms with Crippen LogP contribution in [0.3, 0.4) is 0 Å². The standard InChI is InChI=1S/C27H37N3O2/c1-6-14-23(24-18-12-13-19-25(24)27(30-32)28-20-31)17-11-9-10-16-21(4)26(15-7-2)29-22(5)8-3/h6,11-14,17-20,32H,1,7-10,15-16H2,2-5H3,(H,28,30,31)/b17-11-,23-14+,26-21+,29-22?. The predicted molar refractivity (Wildman–Crippen MR) is 136 cm³/mol. The van der Waals surface area contributed by atoms with Gasteiger partial charge < -0.3 is 10.5 Å². The number of carbonyl (C=O) groups excluding carboxylic acids is 1. The molecule has 1 rings (SSSR count). The first kappa shape index (κ1) is 26.8. The molecule has 0 aliphatic rings. The number of allylic oxidation sites excluding steroid dienone is 7. The highest BCUT2D eigenvalue weighted by molar-refractivity contribution is 6.07. The van der Waals surface area contributed by atoms with Crippen molar-refractivity contribution in [3.05, 3.63) is 77.5 Å². The van der Waals surface area contributed by atoms with E-state index in [9.17, 15) is 10.0 Å². The summed E-state index contributed by atoms with van der Waals surface area (Å²) in [6.45, 7) is 12.4. The smallest absolute Gasteiger partial charge is 0.212 e. The number of amidine groups is 1. The Kier molecular flexibility index (Phi) is 13.1. The summed E-state index contributed by atoms with van der Waals surface area (Å²) < 4.78 is 0. The molecule has 172 valence electrons. The number of benzene rings is 1. The first-order valence-electron chi connectivity index (χ1n) is 11.3. The van der Waals surface area contributed by atoms with E-state index in [4.69, 9.17) is 4.99 Å². The van der Waals surface area contributed by atoms with Crippen LogP contribution in [0.15, 0.2) is 76.6 Å². The van der Waals surface area contributed by atoms with E-state index in [1.807, 2.05) is 30.4 Å². The monoisotopic (exact) mass is 435 g/mol. The summed E-state index contributed by atoms with van der Waals surface area (Å²) >= 11 is 0. The number of carbonyl (C=O) groups is 1. The highest BCUT2D eigenvalue weighted by atomic mass is 16.4. The molecule has 0 saturated heterocycles. The lowest BCUT2D eigenvalue weighted by molar-refractivity contribution is -0.108. The lowest BCUT2D eigenvalue weighted by atomic mass is 9.97.